The number of likely N-dealkylation sites (tertiary alicyclic amines) is 1. The van der Waals surface area contributed by atoms with Crippen LogP contribution in [0.4, 0.5) is 0 Å². The Morgan fingerprint density at radius 1 is 1.50 bits per heavy atom. The van der Waals surface area contributed by atoms with Crippen LogP contribution in [-0.2, 0) is 13.6 Å². The van der Waals surface area contributed by atoms with Gasteiger partial charge >= 0.3 is 0 Å². The van der Waals surface area contributed by atoms with Crippen molar-refractivity contribution in [3.05, 3.63) is 17.5 Å². The van der Waals surface area contributed by atoms with Gasteiger partial charge in [0, 0.05) is 26.2 Å². The molecule has 1 saturated heterocycles. The van der Waals surface area contributed by atoms with Crippen LogP contribution in [0.15, 0.2) is 6.07 Å². The highest BCUT2D eigenvalue weighted by Crippen LogP contribution is 2.21. The van der Waals surface area contributed by atoms with E-state index < -0.39 is 0 Å². The Kier molecular flexibility index (Phi) is 5.61. The summed E-state index contributed by atoms with van der Waals surface area (Å²) in [6, 6.07) is 2.84. The van der Waals surface area contributed by atoms with E-state index in [1.807, 2.05) is 4.68 Å². The van der Waals surface area contributed by atoms with Crippen molar-refractivity contribution < 1.29 is 0 Å². The Morgan fingerprint density at radius 3 is 2.95 bits per heavy atom. The topological polar surface area (TPSA) is 33.1 Å². The van der Waals surface area contributed by atoms with Crippen molar-refractivity contribution in [2.24, 2.45) is 13.0 Å². The van der Waals surface area contributed by atoms with Crippen molar-refractivity contribution in [1.82, 2.24) is 20.0 Å². The van der Waals surface area contributed by atoms with Gasteiger partial charge in [0.2, 0.25) is 0 Å². The maximum absolute atomic E-state index is 4.45. The van der Waals surface area contributed by atoms with E-state index in [2.05, 4.69) is 49.2 Å². The molecule has 1 aliphatic heterocycles. The zero-order valence-electron chi connectivity index (χ0n) is 13.5. The van der Waals surface area contributed by atoms with E-state index >= 15 is 0 Å². The van der Waals surface area contributed by atoms with Gasteiger partial charge in [-0.1, -0.05) is 6.92 Å². The Morgan fingerprint density at radius 2 is 2.30 bits per heavy atom. The van der Waals surface area contributed by atoms with Gasteiger partial charge in [0.1, 0.15) is 0 Å². The van der Waals surface area contributed by atoms with Crippen molar-refractivity contribution in [2.75, 3.05) is 19.6 Å². The van der Waals surface area contributed by atoms with Gasteiger partial charge in [-0.2, -0.15) is 5.10 Å². The first-order valence-electron chi connectivity index (χ1n) is 8.05. The fourth-order valence-corrected chi connectivity index (χ4v) is 3.22. The van der Waals surface area contributed by atoms with Crippen molar-refractivity contribution in [3.8, 4) is 0 Å². The molecule has 2 heterocycles. The van der Waals surface area contributed by atoms with E-state index in [9.17, 15) is 0 Å². The SMILES string of the molecule is CCCNC(C)C1CCCN(Cc2cc(C)nn2C)C1. The summed E-state index contributed by atoms with van der Waals surface area (Å²) < 4.78 is 2.03. The van der Waals surface area contributed by atoms with Crippen LogP contribution in [0.2, 0.25) is 0 Å². The van der Waals surface area contributed by atoms with E-state index in [0.29, 0.717) is 6.04 Å². The highest BCUT2D eigenvalue weighted by atomic mass is 15.3. The molecule has 20 heavy (non-hydrogen) atoms. The predicted molar refractivity (Wildman–Crippen MR) is 83.7 cm³/mol. The van der Waals surface area contributed by atoms with E-state index in [0.717, 1.165) is 24.7 Å². The van der Waals surface area contributed by atoms with Crippen LogP contribution in [0.25, 0.3) is 0 Å². The number of piperidine rings is 1. The molecule has 0 radical (unpaired) electrons. The van der Waals surface area contributed by atoms with Crippen LogP contribution >= 0.6 is 0 Å². The molecule has 0 amide bonds. The van der Waals surface area contributed by atoms with Crippen LogP contribution in [0.1, 0.15) is 44.5 Å². The van der Waals surface area contributed by atoms with E-state index in [1.165, 1.54) is 38.0 Å². The Balaban J connectivity index is 1.88. The Hall–Kier alpha value is -0.870. The first-order chi connectivity index (χ1) is 9.60. The minimum Gasteiger partial charge on any atom is -0.314 e. The third-order valence-electron chi connectivity index (χ3n) is 4.45. The molecule has 2 atom stereocenters. The largest absolute Gasteiger partial charge is 0.314 e. The molecule has 0 saturated carbocycles. The van der Waals surface area contributed by atoms with Gasteiger partial charge < -0.3 is 5.32 Å². The molecule has 2 unspecified atom stereocenters. The lowest BCUT2D eigenvalue weighted by molar-refractivity contribution is 0.142. The van der Waals surface area contributed by atoms with E-state index in [1.54, 1.807) is 0 Å². The molecule has 0 aliphatic carbocycles. The molecule has 0 bridgehead atoms. The summed E-state index contributed by atoms with van der Waals surface area (Å²) in [6.07, 6.45) is 3.90. The quantitative estimate of drug-likeness (QED) is 0.867. The molecule has 0 aromatic carbocycles. The van der Waals surface area contributed by atoms with Gasteiger partial charge in [-0.3, -0.25) is 9.58 Å². The fraction of sp³-hybridized carbons (Fsp3) is 0.812. The zero-order chi connectivity index (χ0) is 14.5. The zero-order valence-corrected chi connectivity index (χ0v) is 13.5. The molecule has 4 heteroatoms. The molecule has 1 aromatic rings. The number of aromatic nitrogens is 2. The van der Waals surface area contributed by atoms with E-state index in [-0.39, 0.29) is 0 Å². The third-order valence-corrected chi connectivity index (χ3v) is 4.45. The molecule has 2 rings (SSSR count). The first-order valence-corrected chi connectivity index (χ1v) is 8.05. The average molecular weight is 278 g/mol. The highest BCUT2D eigenvalue weighted by Gasteiger charge is 2.24. The lowest BCUT2D eigenvalue weighted by atomic mass is 9.91. The molecule has 1 N–H and O–H groups in total. The van der Waals surface area contributed by atoms with Crippen molar-refractivity contribution in [3.63, 3.8) is 0 Å². The van der Waals surface area contributed by atoms with Gasteiger partial charge in [0.25, 0.3) is 0 Å². The summed E-state index contributed by atoms with van der Waals surface area (Å²) in [5.74, 6) is 0.782. The normalized spacial score (nSPS) is 22.1. The van der Waals surface area contributed by atoms with Gasteiger partial charge in [-0.05, 0) is 58.2 Å². The second kappa shape index (κ2) is 7.23. The summed E-state index contributed by atoms with van der Waals surface area (Å²) in [5.41, 5.74) is 2.45. The Bertz CT molecular complexity index is 413. The van der Waals surface area contributed by atoms with Crippen LogP contribution < -0.4 is 5.32 Å². The molecule has 1 aromatic heterocycles. The number of nitrogens with zero attached hydrogens (tertiary/aromatic N) is 3. The maximum Gasteiger partial charge on any atom is 0.0597 e. The molecule has 1 fully saturated rings. The minimum atomic E-state index is 0.631. The smallest absolute Gasteiger partial charge is 0.0597 e. The van der Waals surface area contributed by atoms with Gasteiger partial charge in [-0.25, -0.2) is 0 Å². The molecule has 114 valence electrons. The van der Waals surface area contributed by atoms with Crippen molar-refractivity contribution in [2.45, 2.75) is 52.6 Å². The van der Waals surface area contributed by atoms with Crippen LogP contribution in [0, 0.1) is 12.8 Å². The van der Waals surface area contributed by atoms with Crippen molar-refractivity contribution in [1.29, 1.82) is 0 Å². The van der Waals surface area contributed by atoms with Crippen molar-refractivity contribution >= 4 is 0 Å². The lowest BCUT2D eigenvalue weighted by Gasteiger charge is -2.36. The summed E-state index contributed by atoms with van der Waals surface area (Å²) in [7, 11) is 2.05. The molecular formula is C16H30N4. The maximum atomic E-state index is 4.45. The monoisotopic (exact) mass is 278 g/mol. The number of rotatable bonds is 6. The van der Waals surface area contributed by atoms with Crippen LogP contribution in [0.3, 0.4) is 0 Å². The molecule has 1 aliphatic rings. The highest BCUT2D eigenvalue weighted by molar-refractivity contribution is 5.08. The minimum absolute atomic E-state index is 0.631. The van der Waals surface area contributed by atoms with E-state index in [4.69, 9.17) is 0 Å². The van der Waals surface area contributed by atoms with Gasteiger partial charge in [0.05, 0.1) is 11.4 Å². The van der Waals surface area contributed by atoms with Gasteiger partial charge in [0.15, 0.2) is 0 Å². The summed E-state index contributed by atoms with van der Waals surface area (Å²) in [6.45, 7) is 11.3. The fourth-order valence-electron chi connectivity index (χ4n) is 3.22. The number of nitrogens with one attached hydrogen (secondary N) is 1. The second-order valence-corrected chi connectivity index (χ2v) is 6.28. The summed E-state index contributed by atoms with van der Waals surface area (Å²) in [4.78, 5) is 2.59. The standard InChI is InChI=1S/C16H30N4/c1-5-8-17-14(3)15-7-6-9-20(11-15)12-16-10-13(2)18-19(16)4/h10,14-15,17H,5-9,11-12H2,1-4H3. The summed E-state index contributed by atoms with van der Waals surface area (Å²) >= 11 is 0. The first kappa shape index (κ1) is 15.5. The van der Waals surface area contributed by atoms with Crippen LogP contribution in [0.5, 0.6) is 0 Å². The number of hydrogen-bond donors (Lipinski definition) is 1. The second-order valence-electron chi connectivity index (χ2n) is 6.28. The molecule has 4 nitrogen and oxygen atoms in total. The number of aryl methyl sites for hydroxylation is 2. The molecular weight excluding hydrogens is 248 g/mol. The summed E-state index contributed by atoms with van der Waals surface area (Å²) in [5, 5.41) is 8.11. The average Bonchev–Trinajstić information content (AvgIpc) is 2.74. The third kappa shape index (κ3) is 4.06. The predicted octanol–water partition coefficient (Wildman–Crippen LogP) is 2.33. The Labute approximate surface area is 123 Å². The molecule has 0 spiro atoms. The van der Waals surface area contributed by atoms with Gasteiger partial charge in [-0.15, -0.1) is 0 Å². The van der Waals surface area contributed by atoms with Crippen LogP contribution in [-0.4, -0.2) is 40.4 Å². The lowest BCUT2D eigenvalue weighted by Crippen LogP contribution is -2.44. The number of hydrogen-bond acceptors (Lipinski definition) is 3.